The van der Waals surface area contributed by atoms with Gasteiger partial charge in [0.2, 0.25) is 0 Å². The van der Waals surface area contributed by atoms with E-state index >= 15 is 0 Å². The van der Waals surface area contributed by atoms with Crippen molar-refractivity contribution in [2.24, 2.45) is 10.9 Å². The van der Waals surface area contributed by atoms with Crippen LogP contribution in [0.5, 0.6) is 0 Å². The van der Waals surface area contributed by atoms with Gasteiger partial charge in [0.1, 0.15) is 0 Å². The van der Waals surface area contributed by atoms with E-state index in [0.29, 0.717) is 18.0 Å². The lowest BCUT2D eigenvalue weighted by atomic mass is 9.93. The summed E-state index contributed by atoms with van der Waals surface area (Å²) in [4.78, 5) is 7.05. The molecule has 122 valence electrons. The van der Waals surface area contributed by atoms with Gasteiger partial charge in [-0.15, -0.1) is 24.0 Å². The van der Waals surface area contributed by atoms with Gasteiger partial charge in [-0.1, -0.05) is 26.7 Å². The quantitative estimate of drug-likeness (QED) is 0.375. The summed E-state index contributed by atoms with van der Waals surface area (Å²) in [6, 6.07) is 0.918. The highest BCUT2D eigenvalue weighted by atomic mass is 127. The Hall–Kier alpha value is -0.0400. The molecule has 1 atom stereocenters. The largest absolute Gasteiger partial charge is 0.357 e. The number of likely N-dealkylation sites (N-methyl/N-ethyl adjacent to an activating group) is 1. The number of nitrogens with zero attached hydrogens (tertiary/aromatic N) is 2. The van der Waals surface area contributed by atoms with Gasteiger partial charge < -0.3 is 15.5 Å². The lowest BCUT2D eigenvalue weighted by Gasteiger charge is -2.30. The fourth-order valence-electron chi connectivity index (χ4n) is 2.35. The van der Waals surface area contributed by atoms with Crippen molar-refractivity contribution >= 4 is 29.9 Å². The van der Waals surface area contributed by atoms with Crippen LogP contribution >= 0.6 is 24.0 Å². The Bertz CT molecular complexity index is 250. The minimum Gasteiger partial charge on any atom is -0.357 e. The molecule has 0 amide bonds. The average Bonchev–Trinajstić information content (AvgIpc) is 2.33. The van der Waals surface area contributed by atoms with Crippen molar-refractivity contribution in [3.05, 3.63) is 0 Å². The molecule has 0 bridgehead atoms. The van der Waals surface area contributed by atoms with Gasteiger partial charge in [-0.25, -0.2) is 0 Å². The van der Waals surface area contributed by atoms with Crippen molar-refractivity contribution in [3.8, 4) is 0 Å². The summed E-state index contributed by atoms with van der Waals surface area (Å²) >= 11 is 0. The van der Waals surface area contributed by atoms with Crippen molar-refractivity contribution < 1.29 is 0 Å². The molecule has 0 fully saturated rings. The Morgan fingerprint density at radius 3 is 2.00 bits per heavy atom. The lowest BCUT2D eigenvalue weighted by Crippen LogP contribution is -2.43. The highest BCUT2D eigenvalue weighted by Crippen LogP contribution is 2.17. The molecule has 0 aromatic heterocycles. The number of aliphatic imine (C=N–C) groups is 1. The Morgan fingerprint density at radius 2 is 1.65 bits per heavy atom. The zero-order chi connectivity index (χ0) is 14.8. The minimum absolute atomic E-state index is 0. The maximum atomic E-state index is 4.74. The van der Waals surface area contributed by atoms with E-state index in [-0.39, 0.29) is 24.0 Å². The SMILES string of the molecule is CCNC(=NCC(C(CC)CC)N(C)C)NC(C)C.I. The Kier molecular flexibility index (Phi) is 14.1. The maximum Gasteiger partial charge on any atom is 0.191 e. The van der Waals surface area contributed by atoms with Crippen LogP contribution in [0.15, 0.2) is 4.99 Å². The molecular weight excluding hydrogens is 363 g/mol. The second-order valence-corrected chi connectivity index (χ2v) is 5.63. The minimum atomic E-state index is 0. The van der Waals surface area contributed by atoms with Gasteiger partial charge in [0.15, 0.2) is 5.96 Å². The maximum absolute atomic E-state index is 4.74. The van der Waals surface area contributed by atoms with Gasteiger partial charge in [-0.05, 0) is 40.8 Å². The molecule has 0 heterocycles. The molecule has 0 saturated heterocycles. The smallest absolute Gasteiger partial charge is 0.191 e. The highest BCUT2D eigenvalue weighted by molar-refractivity contribution is 14.0. The van der Waals surface area contributed by atoms with E-state index in [1.807, 2.05) is 0 Å². The van der Waals surface area contributed by atoms with Crippen LogP contribution in [0.1, 0.15) is 47.5 Å². The molecule has 0 aromatic carbocycles. The first-order valence-corrected chi connectivity index (χ1v) is 7.67. The van der Waals surface area contributed by atoms with E-state index < -0.39 is 0 Å². The number of hydrogen-bond donors (Lipinski definition) is 2. The molecule has 5 heteroatoms. The predicted octanol–water partition coefficient (Wildman–Crippen LogP) is 2.93. The van der Waals surface area contributed by atoms with Crippen LogP contribution in [0.3, 0.4) is 0 Å². The van der Waals surface area contributed by atoms with E-state index in [0.717, 1.165) is 19.0 Å². The average molecular weight is 398 g/mol. The lowest BCUT2D eigenvalue weighted by molar-refractivity contribution is 0.206. The zero-order valence-electron chi connectivity index (χ0n) is 14.4. The molecule has 0 aromatic rings. The van der Waals surface area contributed by atoms with Crippen molar-refractivity contribution in [2.75, 3.05) is 27.2 Å². The number of hydrogen-bond acceptors (Lipinski definition) is 2. The summed E-state index contributed by atoms with van der Waals surface area (Å²) < 4.78 is 0. The third-order valence-electron chi connectivity index (χ3n) is 3.46. The van der Waals surface area contributed by atoms with Gasteiger partial charge in [0.25, 0.3) is 0 Å². The van der Waals surface area contributed by atoms with Crippen LogP contribution in [-0.4, -0.2) is 50.1 Å². The third-order valence-corrected chi connectivity index (χ3v) is 3.46. The van der Waals surface area contributed by atoms with E-state index in [4.69, 9.17) is 4.99 Å². The first-order valence-electron chi connectivity index (χ1n) is 7.67. The van der Waals surface area contributed by atoms with Crippen molar-refractivity contribution in [1.82, 2.24) is 15.5 Å². The zero-order valence-corrected chi connectivity index (χ0v) is 16.7. The van der Waals surface area contributed by atoms with Crippen LogP contribution in [-0.2, 0) is 0 Å². The number of nitrogens with one attached hydrogen (secondary N) is 2. The van der Waals surface area contributed by atoms with Crippen LogP contribution < -0.4 is 10.6 Å². The van der Waals surface area contributed by atoms with Crippen LogP contribution in [0.4, 0.5) is 0 Å². The molecule has 0 aliphatic rings. The molecular formula is C15H35IN4. The molecule has 0 aliphatic heterocycles. The summed E-state index contributed by atoms with van der Waals surface area (Å²) in [6.45, 7) is 12.7. The van der Waals surface area contributed by atoms with Crippen molar-refractivity contribution in [2.45, 2.75) is 59.5 Å². The monoisotopic (exact) mass is 398 g/mol. The van der Waals surface area contributed by atoms with E-state index in [1.54, 1.807) is 0 Å². The number of rotatable bonds is 8. The van der Waals surface area contributed by atoms with Crippen LogP contribution in [0, 0.1) is 5.92 Å². The van der Waals surface area contributed by atoms with E-state index in [1.165, 1.54) is 12.8 Å². The fourth-order valence-corrected chi connectivity index (χ4v) is 2.35. The van der Waals surface area contributed by atoms with Gasteiger partial charge in [0, 0.05) is 18.6 Å². The van der Waals surface area contributed by atoms with Crippen LogP contribution in [0.25, 0.3) is 0 Å². The molecule has 0 aliphatic carbocycles. The normalized spacial score (nSPS) is 13.6. The Labute approximate surface area is 143 Å². The second kappa shape index (κ2) is 12.7. The fraction of sp³-hybridized carbons (Fsp3) is 0.933. The van der Waals surface area contributed by atoms with Crippen molar-refractivity contribution in [1.29, 1.82) is 0 Å². The molecule has 2 N–H and O–H groups in total. The molecule has 0 spiro atoms. The molecule has 0 radical (unpaired) electrons. The van der Waals surface area contributed by atoms with Gasteiger partial charge in [0.05, 0.1) is 6.54 Å². The summed E-state index contributed by atoms with van der Waals surface area (Å²) in [5.74, 6) is 1.64. The summed E-state index contributed by atoms with van der Waals surface area (Å²) in [5.41, 5.74) is 0. The summed E-state index contributed by atoms with van der Waals surface area (Å²) in [6.07, 6.45) is 2.42. The van der Waals surface area contributed by atoms with Gasteiger partial charge in [-0.2, -0.15) is 0 Å². The molecule has 20 heavy (non-hydrogen) atoms. The number of guanidine groups is 1. The molecule has 4 nitrogen and oxygen atoms in total. The summed E-state index contributed by atoms with van der Waals surface area (Å²) in [7, 11) is 4.31. The van der Waals surface area contributed by atoms with Gasteiger partial charge >= 0.3 is 0 Å². The third kappa shape index (κ3) is 9.00. The first-order chi connectivity index (χ1) is 8.96. The topological polar surface area (TPSA) is 39.7 Å². The van der Waals surface area contributed by atoms with E-state index in [9.17, 15) is 0 Å². The highest BCUT2D eigenvalue weighted by Gasteiger charge is 2.20. The Balaban J connectivity index is 0. The first kappa shape index (κ1) is 22.2. The standard InChI is InChI=1S/C15H34N4.HI/c1-8-13(9-2)14(19(6)7)11-17-15(16-10-3)18-12(4)5;/h12-14H,8-11H2,1-7H3,(H2,16,17,18);1H. The Morgan fingerprint density at radius 1 is 1.10 bits per heavy atom. The van der Waals surface area contributed by atoms with E-state index in [2.05, 4.69) is 64.2 Å². The second-order valence-electron chi connectivity index (χ2n) is 5.63. The van der Waals surface area contributed by atoms with Gasteiger partial charge in [-0.3, -0.25) is 4.99 Å². The number of halogens is 1. The predicted molar refractivity (Wildman–Crippen MR) is 101 cm³/mol. The van der Waals surface area contributed by atoms with Crippen molar-refractivity contribution in [3.63, 3.8) is 0 Å². The summed E-state index contributed by atoms with van der Waals surface area (Å²) in [5, 5.41) is 6.67. The van der Waals surface area contributed by atoms with Crippen LogP contribution in [0.2, 0.25) is 0 Å². The molecule has 0 rings (SSSR count). The molecule has 0 saturated carbocycles. The molecule has 1 unspecified atom stereocenters.